The molecule has 0 aliphatic carbocycles. The van der Waals surface area contributed by atoms with E-state index in [4.69, 9.17) is 23.2 Å². The summed E-state index contributed by atoms with van der Waals surface area (Å²) in [6, 6.07) is 4.81. The highest BCUT2D eigenvalue weighted by Crippen LogP contribution is 2.32. The van der Waals surface area contributed by atoms with Gasteiger partial charge < -0.3 is 5.32 Å². The van der Waals surface area contributed by atoms with E-state index in [0.717, 1.165) is 0 Å². The van der Waals surface area contributed by atoms with Gasteiger partial charge in [0.05, 0.1) is 10.7 Å². The molecule has 136 valence electrons. The normalized spacial score (nSPS) is 18.6. The number of hydrogen-bond acceptors (Lipinski definition) is 6. The summed E-state index contributed by atoms with van der Waals surface area (Å²) < 4.78 is 0. The largest absolute Gasteiger partial charge is 0.325 e. The zero-order chi connectivity index (χ0) is 18.7. The van der Waals surface area contributed by atoms with Crippen LogP contribution in [0.15, 0.2) is 34.8 Å². The highest BCUT2D eigenvalue weighted by atomic mass is 35.5. The molecule has 0 radical (unpaired) electrons. The SMILES string of the molecule is CCN1C(=O)C(CC(=O)Nc2ccc(Cl)cc2Cl)S/C1=N/c1nccs1. The summed E-state index contributed by atoms with van der Waals surface area (Å²) in [5.41, 5.74) is 0.459. The van der Waals surface area contributed by atoms with Crippen molar-refractivity contribution < 1.29 is 9.59 Å². The molecule has 0 spiro atoms. The van der Waals surface area contributed by atoms with Gasteiger partial charge in [0.1, 0.15) is 5.25 Å². The van der Waals surface area contributed by atoms with Gasteiger partial charge in [-0.25, -0.2) is 4.98 Å². The van der Waals surface area contributed by atoms with Gasteiger partial charge in [0, 0.05) is 29.6 Å². The number of halogens is 2. The van der Waals surface area contributed by atoms with E-state index in [9.17, 15) is 9.59 Å². The molecule has 1 saturated heterocycles. The molecule has 26 heavy (non-hydrogen) atoms. The zero-order valence-corrected chi connectivity index (χ0v) is 16.8. The maximum atomic E-state index is 12.6. The molecule has 1 N–H and O–H groups in total. The first-order chi connectivity index (χ1) is 12.5. The predicted octanol–water partition coefficient (Wildman–Crippen LogP) is 4.43. The number of aromatic nitrogens is 1. The predicted molar refractivity (Wildman–Crippen MR) is 108 cm³/mol. The van der Waals surface area contributed by atoms with Crippen LogP contribution in [0.1, 0.15) is 13.3 Å². The average Bonchev–Trinajstić information content (AvgIpc) is 3.19. The highest BCUT2D eigenvalue weighted by Gasteiger charge is 2.38. The Labute approximate surface area is 168 Å². The van der Waals surface area contributed by atoms with Crippen molar-refractivity contribution in [3.8, 4) is 0 Å². The maximum Gasteiger partial charge on any atom is 0.242 e. The number of hydrogen-bond donors (Lipinski definition) is 1. The number of aliphatic imine (C=N–C) groups is 1. The first-order valence-corrected chi connectivity index (χ1v) is 10.2. The molecule has 2 aromatic rings. The van der Waals surface area contributed by atoms with Gasteiger partial charge in [-0.3, -0.25) is 14.5 Å². The van der Waals surface area contributed by atoms with Gasteiger partial charge in [0.25, 0.3) is 0 Å². The Kier molecular flexibility index (Phi) is 6.18. The van der Waals surface area contributed by atoms with Gasteiger partial charge in [0.2, 0.25) is 16.9 Å². The van der Waals surface area contributed by atoms with Crippen LogP contribution in [0.25, 0.3) is 0 Å². The number of carbonyl (C=O) groups excluding carboxylic acids is 2. The quantitative estimate of drug-likeness (QED) is 0.763. The lowest BCUT2D eigenvalue weighted by Crippen LogP contribution is -2.33. The van der Waals surface area contributed by atoms with Gasteiger partial charge in [-0.1, -0.05) is 35.0 Å². The minimum Gasteiger partial charge on any atom is -0.325 e. The van der Waals surface area contributed by atoms with Gasteiger partial charge >= 0.3 is 0 Å². The van der Waals surface area contributed by atoms with Crippen LogP contribution in [0.4, 0.5) is 10.8 Å². The highest BCUT2D eigenvalue weighted by molar-refractivity contribution is 8.15. The Morgan fingerprint density at radius 3 is 2.88 bits per heavy atom. The Balaban J connectivity index is 1.69. The minimum atomic E-state index is -0.528. The van der Waals surface area contributed by atoms with Crippen LogP contribution in [-0.2, 0) is 9.59 Å². The standard InChI is InChI=1S/C16H14Cl2N4O2S2/c1-2-22-14(24)12(26-16(22)21-15-19-5-6-25-15)8-13(23)20-11-4-3-9(17)7-10(11)18/h3-7,12H,2,8H2,1H3,(H,20,23)/b21-16+. The van der Waals surface area contributed by atoms with Crippen molar-refractivity contribution in [1.82, 2.24) is 9.88 Å². The van der Waals surface area contributed by atoms with E-state index in [-0.39, 0.29) is 18.2 Å². The lowest BCUT2D eigenvalue weighted by atomic mass is 10.2. The lowest BCUT2D eigenvalue weighted by molar-refractivity contribution is -0.128. The van der Waals surface area contributed by atoms with Gasteiger partial charge in [-0.15, -0.1) is 11.3 Å². The number of thiazole rings is 1. The smallest absolute Gasteiger partial charge is 0.242 e. The monoisotopic (exact) mass is 428 g/mol. The van der Waals surface area contributed by atoms with Crippen LogP contribution in [0.5, 0.6) is 0 Å². The second-order valence-corrected chi connectivity index (χ2v) is 8.16. The molecule has 6 nitrogen and oxygen atoms in total. The van der Waals surface area contributed by atoms with Crippen molar-refractivity contribution in [2.45, 2.75) is 18.6 Å². The van der Waals surface area contributed by atoms with Crippen LogP contribution in [0, 0.1) is 0 Å². The second-order valence-electron chi connectivity index (χ2n) is 5.27. The van der Waals surface area contributed by atoms with E-state index in [2.05, 4.69) is 15.3 Å². The van der Waals surface area contributed by atoms with E-state index < -0.39 is 5.25 Å². The Bertz CT molecular complexity index is 858. The van der Waals surface area contributed by atoms with Crippen LogP contribution >= 0.6 is 46.3 Å². The summed E-state index contributed by atoms with van der Waals surface area (Å²) >= 11 is 14.6. The van der Waals surface area contributed by atoms with Crippen molar-refractivity contribution in [2.75, 3.05) is 11.9 Å². The average molecular weight is 429 g/mol. The maximum absolute atomic E-state index is 12.6. The van der Waals surface area contributed by atoms with E-state index >= 15 is 0 Å². The summed E-state index contributed by atoms with van der Waals surface area (Å²) in [5.74, 6) is -0.434. The molecule has 0 bridgehead atoms. The van der Waals surface area contributed by atoms with Gasteiger partial charge in [-0.2, -0.15) is 4.99 Å². The summed E-state index contributed by atoms with van der Waals surface area (Å²) in [5, 5.41) is 5.98. The van der Waals surface area contributed by atoms with Crippen LogP contribution in [0.3, 0.4) is 0 Å². The van der Waals surface area contributed by atoms with Gasteiger partial charge in [-0.05, 0) is 25.1 Å². The minimum absolute atomic E-state index is 0.0237. The number of nitrogens with one attached hydrogen (secondary N) is 1. The number of carbonyl (C=O) groups is 2. The van der Waals surface area contributed by atoms with Crippen molar-refractivity contribution >= 4 is 74.1 Å². The number of amidine groups is 1. The molecule has 0 saturated carbocycles. The lowest BCUT2D eigenvalue weighted by Gasteiger charge is -2.13. The van der Waals surface area contributed by atoms with Crippen molar-refractivity contribution in [3.63, 3.8) is 0 Å². The number of anilines is 1. The summed E-state index contributed by atoms with van der Waals surface area (Å²) in [7, 11) is 0. The molecular formula is C16H14Cl2N4O2S2. The molecule has 1 fully saturated rings. The first kappa shape index (κ1) is 19.2. The summed E-state index contributed by atoms with van der Waals surface area (Å²) in [6.07, 6.45) is 1.68. The molecule has 1 atom stereocenters. The molecule has 1 aliphatic rings. The molecule has 1 aromatic heterocycles. The second kappa shape index (κ2) is 8.39. The molecule has 3 rings (SSSR count). The number of thioether (sulfide) groups is 1. The molecule has 1 aliphatic heterocycles. The fraction of sp³-hybridized carbons (Fsp3) is 0.250. The van der Waals surface area contributed by atoms with Crippen LogP contribution < -0.4 is 5.32 Å². The van der Waals surface area contributed by atoms with Crippen LogP contribution in [0.2, 0.25) is 10.0 Å². The fourth-order valence-electron chi connectivity index (χ4n) is 2.33. The molecule has 2 amide bonds. The molecular weight excluding hydrogens is 415 g/mol. The zero-order valence-electron chi connectivity index (χ0n) is 13.6. The van der Waals surface area contributed by atoms with Gasteiger partial charge in [0.15, 0.2) is 5.17 Å². The summed E-state index contributed by atoms with van der Waals surface area (Å²) in [6.45, 7) is 2.35. The van der Waals surface area contributed by atoms with E-state index in [1.807, 2.05) is 12.3 Å². The third-order valence-electron chi connectivity index (χ3n) is 3.52. The molecule has 10 heteroatoms. The van der Waals surface area contributed by atoms with Crippen molar-refractivity contribution in [3.05, 3.63) is 39.8 Å². The van der Waals surface area contributed by atoms with Crippen LogP contribution in [-0.4, -0.2) is 38.7 Å². The van der Waals surface area contributed by atoms with E-state index in [1.54, 1.807) is 29.3 Å². The molecule has 1 aromatic carbocycles. The Morgan fingerprint density at radius 2 is 2.23 bits per heavy atom. The number of amides is 2. The van der Waals surface area contributed by atoms with E-state index in [1.165, 1.54) is 23.1 Å². The third kappa shape index (κ3) is 4.37. The summed E-state index contributed by atoms with van der Waals surface area (Å²) in [4.78, 5) is 35.0. The fourth-order valence-corrected chi connectivity index (χ4v) is 4.55. The number of rotatable bonds is 5. The number of benzene rings is 1. The topological polar surface area (TPSA) is 74.7 Å². The first-order valence-electron chi connectivity index (χ1n) is 7.69. The molecule has 2 heterocycles. The molecule has 1 unspecified atom stereocenters. The van der Waals surface area contributed by atoms with E-state index in [0.29, 0.717) is 32.6 Å². The Hall–Kier alpha value is -1.61. The van der Waals surface area contributed by atoms with Crippen molar-refractivity contribution in [2.24, 2.45) is 4.99 Å². The van der Waals surface area contributed by atoms with Crippen molar-refractivity contribution in [1.29, 1.82) is 0 Å². The third-order valence-corrected chi connectivity index (χ3v) is 5.91. The Morgan fingerprint density at radius 1 is 1.42 bits per heavy atom. The number of nitrogens with zero attached hydrogens (tertiary/aromatic N) is 3.